The van der Waals surface area contributed by atoms with Crippen molar-refractivity contribution in [1.82, 2.24) is 20.3 Å². The van der Waals surface area contributed by atoms with Crippen LogP contribution < -0.4 is 21.1 Å². The predicted molar refractivity (Wildman–Crippen MR) is 111 cm³/mol. The van der Waals surface area contributed by atoms with Crippen LogP contribution in [0.4, 0.5) is 19.5 Å². The molecule has 0 spiro atoms. The molecule has 0 fully saturated rings. The Morgan fingerprint density at radius 1 is 1.27 bits per heavy atom. The van der Waals surface area contributed by atoms with E-state index in [1.54, 1.807) is 0 Å². The van der Waals surface area contributed by atoms with Gasteiger partial charge in [0.15, 0.2) is 5.69 Å². The number of halogens is 2. The summed E-state index contributed by atoms with van der Waals surface area (Å²) < 4.78 is 33.7. The number of hydrogen-bond acceptors (Lipinski definition) is 8. The molecule has 4 N–H and O–H groups in total. The minimum atomic E-state index is -0.791. The summed E-state index contributed by atoms with van der Waals surface area (Å²) in [4.78, 5) is 24.6. The highest BCUT2D eigenvalue weighted by Crippen LogP contribution is 2.34. The van der Waals surface area contributed by atoms with E-state index in [2.05, 4.69) is 25.6 Å². The second kappa shape index (κ2) is 10.0. The Hall–Kier alpha value is -3.18. The number of unbranched alkanes of at least 4 members (excludes halogenated alkanes) is 1. The van der Waals surface area contributed by atoms with Crippen molar-refractivity contribution in [1.29, 1.82) is 0 Å². The fourth-order valence-electron chi connectivity index (χ4n) is 2.58. The lowest BCUT2D eigenvalue weighted by atomic mass is 10.2. The van der Waals surface area contributed by atoms with E-state index in [-0.39, 0.29) is 32.8 Å². The van der Waals surface area contributed by atoms with E-state index in [4.69, 9.17) is 10.5 Å². The average Bonchev–Trinajstić information content (AvgIpc) is 3.10. The van der Waals surface area contributed by atoms with Gasteiger partial charge in [-0.25, -0.2) is 18.7 Å². The van der Waals surface area contributed by atoms with Gasteiger partial charge in [0, 0.05) is 0 Å². The summed E-state index contributed by atoms with van der Waals surface area (Å²) >= 11 is 0.818. The summed E-state index contributed by atoms with van der Waals surface area (Å²) in [6.45, 7) is 1.28. The summed E-state index contributed by atoms with van der Waals surface area (Å²) in [7, 11) is 1.87. The number of nitrogens with zero attached hydrogens (tertiary/aromatic N) is 3. The first-order chi connectivity index (χ1) is 14.5. The number of hydrogen-bond donors (Lipinski definition) is 3. The number of ether oxygens (including phenoxy) is 1. The largest absolute Gasteiger partial charge is 0.476 e. The third-order valence-electron chi connectivity index (χ3n) is 4.03. The van der Waals surface area contributed by atoms with E-state index in [9.17, 15) is 13.6 Å². The van der Waals surface area contributed by atoms with Crippen LogP contribution in [0.3, 0.4) is 0 Å². The molecule has 0 aliphatic carbocycles. The predicted octanol–water partition coefficient (Wildman–Crippen LogP) is 3.09. The molecule has 1 aromatic carbocycles. The third kappa shape index (κ3) is 5.05. The lowest BCUT2D eigenvalue weighted by Crippen LogP contribution is -2.16. The second-order valence-electron chi connectivity index (χ2n) is 6.18. The van der Waals surface area contributed by atoms with Crippen molar-refractivity contribution in [2.75, 3.05) is 31.2 Å². The first-order valence-corrected chi connectivity index (χ1v) is 9.92. The number of carbonyl (C=O) groups excluding carboxylic acids is 1. The monoisotopic (exact) mass is 434 g/mol. The Kier molecular flexibility index (Phi) is 7.20. The van der Waals surface area contributed by atoms with Gasteiger partial charge >= 0.3 is 0 Å². The van der Waals surface area contributed by atoms with Crippen LogP contribution in [0.2, 0.25) is 0 Å². The van der Waals surface area contributed by atoms with Crippen LogP contribution in [0.1, 0.15) is 23.3 Å². The minimum absolute atomic E-state index is 0.0246. The summed E-state index contributed by atoms with van der Waals surface area (Å²) in [6, 6.07) is 3.46. The van der Waals surface area contributed by atoms with Crippen molar-refractivity contribution in [3.8, 4) is 16.5 Å². The lowest BCUT2D eigenvalue weighted by molar-refractivity contribution is 0.102. The molecule has 0 aliphatic heterocycles. The van der Waals surface area contributed by atoms with Crippen molar-refractivity contribution in [2.45, 2.75) is 12.8 Å². The molecule has 0 saturated carbocycles. The van der Waals surface area contributed by atoms with Crippen LogP contribution in [0.5, 0.6) is 5.88 Å². The number of amides is 1. The smallest absolute Gasteiger partial charge is 0.277 e. The molecule has 0 radical (unpaired) electrons. The maximum atomic E-state index is 14.0. The quantitative estimate of drug-likeness (QED) is 0.443. The molecule has 2 heterocycles. The second-order valence-corrected chi connectivity index (χ2v) is 7.21. The topological polar surface area (TPSA) is 115 Å². The zero-order valence-corrected chi connectivity index (χ0v) is 16.9. The van der Waals surface area contributed by atoms with E-state index in [0.29, 0.717) is 6.61 Å². The fraction of sp³-hybridized carbons (Fsp3) is 0.263. The van der Waals surface area contributed by atoms with Crippen LogP contribution in [-0.2, 0) is 0 Å². The average molecular weight is 434 g/mol. The van der Waals surface area contributed by atoms with Gasteiger partial charge in [-0.3, -0.25) is 4.79 Å². The number of aromatic nitrogens is 3. The molecule has 0 saturated heterocycles. The maximum Gasteiger partial charge on any atom is 0.277 e. The minimum Gasteiger partial charge on any atom is -0.476 e. The van der Waals surface area contributed by atoms with Gasteiger partial charge in [0.05, 0.1) is 18.4 Å². The van der Waals surface area contributed by atoms with Crippen LogP contribution in [0, 0.1) is 11.6 Å². The Bertz CT molecular complexity index is 1010. The highest BCUT2D eigenvalue weighted by molar-refractivity contribution is 7.19. The van der Waals surface area contributed by atoms with Gasteiger partial charge in [-0.2, -0.15) is 4.98 Å². The van der Waals surface area contributed by atoms with Gasteiger partial charge < -0.3 is 21.1 Å². The molecule has 8 nitrogen and oxygen atoms in total. The van der Waals surface area contributed by atoms with Crippen molar-refractivity contribution in [3.05, 3.63) is 48.1 Å². The van der Waals surface area contributed by atoms with E-state index in [1.807, 2.05) is 7.05 Å². The van der Waals surface area contributed by atoms with E-state index in [1.165, 1.54) is 18.6 Å². The van der Waals surface area contributed by atoms with E-state index < -0.39 is 17.5 Å². The van der Waals surface area contributed by atoms with Crippen LogP contribution in [-0.4, -0.2) is 41.1 Å². The lowest BCUT2D eigenvalue weighted by Gasteiger charge is -2.10. The van der Waals surface area contributed by atoms with Gasteiger partial charge in [0.1, 0.15) is 33.7 Å². The number of nitrogens with one attached hydrogen (secondary N) is 2. The molecule has 0 unspecified atom stereocenters. The number of nitrogen functional groups attached to an aromatic ring is 1. The molecular weight excluding hydrogens is 414 g/mol. The van der Waals surface area contributed by atoms with Crippen molar-refractivity contribution < 1.29 is 18.3 Å². The number of benzene rings is 1. The van der Waals surface area contributed by atoms with Crippen molar-refractivity contribution >= 4 is 27.9 Å². The first kappa shape index (κ1) is 21.5. The molecule has 0 aliphatic rings. The Morgan fingerprint density at radius 2 is 2.03 bits per heavy atom. The summed E-state index contributed by atoms with van der Waals surface area (Å²) in [5.41, 5.74) is 5.64. The molecule has 0 atom stereocenters. The Balaban J connectivity index is 1.75. The standard InChI is InChI=1S/C19H20F2N6O2S/c1-23-7-2-3-8-29-18-13(9-24-10-25-18)26-17(28)15-16(22)30-19(27-15)14-11(20)5-4-6-12(14)21/h4-6,9-10,23H,2-3,7-8,22H2,1H3,(H,26,28). The summed E-state index contributed by atoms with van der Waals surface area (Å²) in [5.74, 6) is -2.04. The zero-order chi connectivity index (χ0) is 21.5. The van der Waals surface area contributed by atoms with Crippen LogP contribution in [0.25, 0.3) is 10.6 Å². The molecule has 158 valence electrons. The van der Waals surface area contributed by atoms with Gasteiger partial charge in [0.25, 0.3) is 5.91 Å². The highest BCUT2D eigenvalue weighted by atomic mass is 32.1. The van der Waals surface area contributed by atoms with Crippen LogP contribution >= 0.6 is 11.3 Å². The van der Waals surface area contributed by atoms with Gasteiger partial charge in [-0.15, -0.1) is 0 Å². The highest BCUT2D eigenvalue weighted by Gasteiger charge is 2.22. The van der Waals surface area contributed by atoms with Gasteiger partial charge in [-0.05, 0) is 38.6 Å². The number of thiazole rings is 1. The normalized spacial score (nSPS) is 10.8. The van der Waals surface area contributed by atoms with Gasteiger partial charge in [0.2, 0.25) is 5.88 Å². The van der Waals surface area contributed by atoms with Crippen molar-refractivity contribution in [3.63, 3.8) is 0 Å². The fourth-order valence-corrected chi connectivity index (χ4v) is 3.45. The molecular formula is C19H20F2N6O2S. The molecule has 0 bridgehead atoms. The summed E-state index contributed by atoms with van der Waals surface area (Å²) in [5, 5.41) is 5.63. The zero-order valence-electron chi connectivity index (χ0n) is 16.1. The third-order valence-corrected chi connectivity index (χ3v) is 4.93. The number of anilines is 2. The SMILES string of the molecule is CNCCCCOc1ncncc1NC(=O)c1nc(-c2c(F)cccc2F)sc1N. The molecule has 30 heavy (non-hydrogen) atoms. The van der Waals surface area contributed by atoms with Crippen LogP contribution in [0.15, 0.2) is 30.7 Å². The summed E-state index contributed by atoms with van der Waals surface area (Å²) in [6.07, 6.45) is 4.41. The molecule has 11 heteroatoms. The van der Waals surface area contributed by atoms with Crippen molar-refractivity contribution in [2.24, 2.45) is 0 Å². The Morgan fingerprint density at radius 3 is 2.77 bits per heavy atom. The Labute approximate surface area is 175 Å². The number of nitrogens with two attached hydrogens (primary N) is 1. The molecule has 1 amide bonds. The molecule has 3 aromatic rings. The van der Waals surface area contributed by atoms with E-state index in [0.717, 1.165) is 42.9 Å². The maximum absolute atomic E-state index is 14.0. The number of rotatable bonds is 9. The van der Waals surface area contributed by atoms with E-state index >= 15 is 0 Å². The van der Waals surface area contributed by atoms with Gasteiger partial charge in [-0.1, -0.05) is 17.4 Å². The first-order valence-electron chi connectivity index (χ1n) is 9.10. The molecule has 2 aromatic heterocycles. The molecule has 3 rings (SSSR count). The number of carbonyl (C=O) groups is 1.